The van der Waals surface area contributed by atoms with Gasteiger partial charge in [0.1, 0.15) is 23.1 Å². The van der Waals surface area contributed by atoms with E-state index in [-0.39, 0.29) is 18.0 Å². The van der Waals surface area contributed by atoms with Crippen molar-refractivity contribution in [3.63, 3.8) is 0 Å². The molecule has 4 nitrogen and oxygen atoms in total. The fraction of sp³-hybridized carbons (Fsp3) is 0.278. The van der Waals surface area contributed by atoms with E-state index in [9.17, 15) is 26.7 Å². The standard InChI is InChI=1S/C18H17F5N2O2/c1-2-8-27-15-7-6-11(18(21,22)23)9-14(15)24-10-16(26)25-17-12(19)4-3-5-13(17)20/h3-7,9,24H,2,8,10H2,1H3,(H,25,26). The average molecular weight is 388 g/mol. The summed E-state index contributed by atoms with van der Waals surface area (Å²) in [5.41, 5.74) is -1.60. The van der Waals surface area contributed by atoms with Gasteiger partial charge in [-0.1, -0.05) is 13.0 Å². The Kier molecular flexibility index (Phi) is 6.59. The lowest BCUT2D eigenvalue weighted by Crippen LogP contribution is -2.23. The first-order chi connectivity index (χ1) is 12.7. The zero-order chi connectivity index (χ0) is 20.0. The molecule has 27 heavy (non-hydrogen) atoms. The van der Waals surface area contributed by atoms with Crippen LogP contribution in [-0.2, 0) is 11.0 Å². The fourth-order valence-corrected chi connectivity index (χ4v) is 2.16. The molecule has 2 aromatic rings. The molecule has 0 aliphatic heterocycles. The van der Waals surface area contributed by atoms with Crippen LogP contribution in [0, 0.1) is 11.6 Å². The van der Waals surface area contributed by atoms with Gasteiger partial charge < -0.3 is 15.4 Å². The normalized spacial score (nSPS) is 11.2. The van der Waals surface area contributed by atoms with Crippen LogP contribution in [-0.4, -0.2) is 19.1 Å². The van der Waals surface area contributed by atoms with Gasteiger partial charge in [0.15, 0.2) is 0 Å². The first-order valence-electron chi connectivity index (χ1n) is 8.04. The van der Waals surface area contributed by atoms with Crippen LogP contribution in [0.3, 0.4) is 0 Å². The number of ether oxygens (including phenoxy) is 1. The Hall–Kier alpha value is -2.84. The zero-order valence-electron chi connectivity index (χ0n) is 14.3. The van der Waals surface area contributed by atoms with Crippen LogP contribution in [0.5, 0.6) is 5.75 Å². The Bertz CT molecular complexity index is 789. The summed E-state index contributed by atoms with van der Waals surface area (Å²) < 4.78 is 71.1. The molecule has 9 heteroatoms. The zero-order valence-corrected chi connectivity index (χ0v) is 14.3. The molecule has 1 amide bonds. The van der Waals surface area contributed by atoms with Crippen LogP contribution in [0.25, 0.3) is 0 Å². The lowest BCUT2D eigenvalue weighted by atomic mass is 10.1. The van der Waals surface area contributed by atoms with Crippen molar-refractivity contribution < 1.29 is 31.5 Å². The highest BCUT2D eigenvalue weighted by molar-refractivity contribution is 5.94. The molecule has 0 radical (unpaired) electrons. The van der Waals surface area contributed by atoms with E-state index in [0.29, 0.717) is 6.42 Å². The lowest BCUT2D eigenvalue weighted by Gasteiger charge is -2.16. The molecule has 0 unspecified atom stereocenters. The van der Waals surface area contributed by atoms with Crippen molar-refractivity contribution in [2.24, 2.45) is 0 Å². The minimum atomic E-state index is -4.57. The first kappa shape index (κ1) is 20.5. The first-order valence-corrected chi connectivity index (χ1v) is 8.04. The average Bonchev–Trinajstić information content (AvgIpc) is 2.61. The van der Waals surface area contributed by atoms with E-state index < -0.39 is 41.5 Å². The third-order valence-corrected chi connectivity index (χ3v) is 3.44. The fourth-order valence-electron chi connectivity index (χ4n) is 2.16. The van der Waals surface area contributed by atoms with Crippen molar-refractivity contribution in [1.29, 1.82) is 0 Å². The highest BCUT2D eigenvalue weighted by atomic mass is 19.4. The van der Waals surface area contributed by atoms with E-state index in [1.54, 1.807) is 0 Å². The van der Waals surface area contributed by atoms with Gasteiger partial charge in [-0.05, 0) is 36.8 Å². The molecular formula is C18H17F5N2O2. The summed E-state index contributed by atoms with van der Waals surface area (Å²) in [7, 11) is 0. The summed E-state index contributed by atoms with van der Waals surface area (Å²) >= 11 is 0. The van der Waals surface area contributed by atoms with E-state index in [4.69, 9.17) is 4.74 Å². The maximum atomic E-state index is 13.5. The number of hydrogen-bond donors (Lipinski definition) is 2. The molecule has 0 aliphatic rings. The molecule has 0 bridgehead atoms. The summed E-state index contributed by atoms with van der Waals surface area (Å²) in [4.78, 5) is 11.9. The third kappa shape index (κ3) is 5.57. The van der Waals surface area contributed by atoms with Gasteiger partial charge in [0.2, 0.25) is 5.91 Å². The van der Waals surface area contributed by atoms with Crippen molar-refractivity contribution in [1.82, 2.24) is 0 Å². The predicted octanol–water partition coefficient (Wildman–Crippen LogP) is 4.82. The molecule has 0 aliphatic carbocycles. The summed E-state index contributed by atoms with van der Waals surface area (Å²) in [6.45, 7) is 1.58. The van der Waals surface area contributed by atoms with Crippen molar-refractivity contribution >= 4 is 17.3 Å². The van der Waals surface area contributed by atoms with Crippen molar-refractivity contribution in [3.05, 3.63) is 53.6 Å². The molecule has 0 saturated heterocycles. The quantitative estimate of drug-likeness (QED) is 0.669. The van der Waals surface area contributed by atoms with Gasteiger partial charge >= 0.3 is 6.18 Å². The number of benzene rings is 2. The third-order valence-electron chi connectivity index (χ3n) is 3.44. The molecular weight excluding hydrogens is 371 g/mol. The van der Waals surface area contributed by atoms with Crippen molar-refractivity contribution in [2.45, 2.75) is 19.5 Å². The smallest absolute Gasteiger partial charge is 0.416 e. The second-order valence-electron chi connectivity index (χ2n) is 5.56. The van der Waals surface area contributed by atoms with E-state index >= 15 is 0 Å². The van der Waals surface area contributed by atoms with Crippen LogP contribution in [0.1, 0.15) is 18.9 Å². The number of carbonyl (C=O) groups is 1. The number of alkyl halides is 3. The lowest BCUT2D eigenvalue weighted by molar-refractivity contribution is -0.137. The number of hydrogen-bond acceptors (Lipinski definition) is 3. The topological polar surface area (TPSA) is 50.4 Å². The molecule has 0 spiro atoms. The molecule has 0 aromatic heterocycles. The molecule has 146 valence electrons. The number of halogens is 5. The molecule has 0 fully saturated rings. The van der Waals surface area contributed by atoms with Crippen molar-refractivity contribution in [2.75, 3.05) is 23.8 Å². The van der Waals surface area contributed by atoms with Crippen LogP contribution >= 0.6 is 0 Å². The van der Waals surface area contributed by atoms with Gasteiger partial charge in [-0.3, -0.25) is 4.79 Å². The van der Waals surface area contributed by atoms with Crippen LogP contribution < -0.4 is 15.4 Å². The van der Waals surface area contributed by atoms with Gasteiger partial charge in [0, 0.05) is 0 Å². The Balaban J connectivity index is 2.13. The Morgan fingerprint density at radius 2 is 1.78 bits per heavy atom. The van der Waals surface area contributed by atoms with Crippen LogP contribution in [0.2, 0.25) is 0 Å². The summed E-state index contributed by atoms with van der Waals surface area (Å²) in [6, 6.07) is 5.89. The number of para-hydroxylation sites is 1. The van der Waals surface area contributed by atoms with E-state index in [2.05, 4.69) is 5.32 Å². The molecule has 0 atom stereocenters. The maximum Gasteiger partial charge on any atom is 0.416 e. The van der Waals surface area contributed by atoms with Crippen LogP contribution in [0.15, 0.2) is 36.4 Å². The predicted molar refractivity (Wildman–Crippen MR) is 90.7 cm³/mol. The largest absolute Gasteiger partial charge is 0.491 e. The van der Waals surface area contributed by atoms with Gasteiger partial charge in [0.05, 0.1) is 24.4 Å². The Morgan fingerprint density at radius 3 is 2.37 bits per heavy atom. The van der Waals surface area contributed by atoms with E-state index in [0.717, 1.165) is 36.4 Å². The van der Waals surface area contributed by atoms with E-state index in [1.807, 2.05) is 12.2 Å². The molecule has 2 rings (SSSR count). The molecule has 0 saturated carbocycles. The van der Waals surface area contributed by atoms with Crippen molar-refractivity contribution in [3.8, 4) is 5.75 Å². The minimum absolute atomic E-state index is 0.0533. The molecule has 2 aromatic carbocycles. The van der Waals surface area contributed by atoms with Crippen LogP contribution in [0.4, 0.5) is 33.3 Å². The van der Waals surface area contributed by atoms with Gasteiger partial charge in [-0.15, -0.1) is 0 Å². The van der Waals surface area contributed by atoms with Gasteiger partial charge in [0.25, 0.3) is 0 Å². The maximum absolute atomic E-state index is 13.5. The SMILES string of the molecule is CCCOc1ccc(C(F)(F)F)cc1NCC(=O)Nc1c(F)cccc1F. The highest BCUT2D eigenvalue weighted by Gasteiger charge is 2.31. The van der Waals surface area contributed by atoms with Gasteiger partial charge in [-0.25, -0.2) is 8.78 Å². The minimum Gasteiger partial charge on any atom is -0.491 e. The highest BCUT2D eigenvalue weighted by Crippen LogP contribution is 2.35. The molecule has 2 N–H and O–H groups in total. The number of carbonyl (C=O) groups excluding carboxylic acids is 1. The summed E-state index contributed by atoms with van der Waals surface area (Å²) in [5, 5.41) is 4.55. The number of amides is 1. The second-order valence-corrected chi connectivity index (χ2v) is 5.56. The number of nitrogens with one attached hydrogen (secondary N) is 2. The van der Waals surface area contributed by atoms with E-state index in [1.165, 1.54) is 0 Å². The number of rotatable bonds is 7. The Labute approximate surface area is 152 Å². The summed E-state index contributed by atoms with van der Waals surface area (Å²) in [5.74, 6) is -2.63. The van der Waals surface area contributed by atoms with Gasteiger partial charge in [-0.2, -0.15) is 13.2 Å². The summed E-state index contributed by atoms with van der Waals surface area (Å²) in [6.07, 6.45) is -3.94. The molecule has 0 heterocycles. The Morgan fingerprint density at radius 1 is 1.11 bits per heavy atom. The monoisotopic (exact) mass is 388 g/mol. The number of anilines is 2. The second kappa shape index (κ2) is 8.70.